The molecule has 1 N–H and O–H groups in total. The second kappa shape index (κ2) is 6.03. The number of aryl methyl sites for hydroxylation is 1. The van der Waals surface area contributed by atoms with Crippen LogP contribution in [0.4, 0.5) is 0 Å². The fourth-order valence-corrected chi connectivity index (χ4v) is 2.01. The minimum atomic E-state index is 0.220. The van der Waals surface area contributed by atoms with Gasteiger partial charge in [-0.05, 0) is 19.5 Å². The zero-order chi connectivity index (χ0) is 12.1. The molecule has 0 aliphatic carbocycles. The van der Waals surface area contributed by atoms with Crippen molar-refractivity contribution >= 4 is 0 Å². The second-order valence-electron chi connectivity index (χ2n) is 4.49. The predicted octanol–water partition coefficient (Wildman–Crippen LogP) is 2.27. The summed E-state index contributed by atoms with van der Waals surface area (Å²) < 4.78 is 11.3. The quantitative estimate of drug-likeness (QED) is 0.849. The summed E-state index contributed by atoms with van der Waals surface area (Å²) in [5, 5.41) is 3.35. The summed E-state index contributed by atoms with van der Waals surface area (Å²) in [6.07, 6.45) is 1.22. The van der Waals surface area contributed by atoms with Crippen LogP contribution in [0.15, 0.2) is 18.2 Å². The third kappa shape index (κ3) is 3.45. The molecular weight excluding hydrogens is 214 g/mol. The van der Waals surface area contributed by atoms with Crippen LogP contribution in [0.1, 0.15) is 24.5 Å². The summed E-state index contributed by atoms with van der Waals surface area (Å²) in [6, 6.07) is 6.36. The van der Waals surface area contributed by atoms with E-state index < -0.39 is 0 Å². The monoisotopic (exact) mass is 235 g/mol. The number of nitrogens with one attached hydrogen (secondary N) is 1. The highest BCUT2D eigenvalue weighted by molar-refractivity contribution is 5.37. The average Bonchev–Trinajstić information content (AvgIpc) is 2.82. The van der Waals surface area contributed by atoms with Crippen molar-refractivity contribution < 1.29 is 9.47 Å². The third-order valence-corrected chi connectivity index (χ3v) is 2.96. The molecule has 1 aromatic rings. The van der Waals surface area contributed by atoms with Gasteiger partial charge in [0.1, 0.15) is 11.9 Å². The molecule has 3 nitrogen and oxygen atoms in total. The van der Waals surface area contributed by atoms with Crippen LogP contribution in [0.25, 0.3) is 0 Å². The van der Waals surface area contributed by atoms with Crippen molar-refractivity contribution in [2.75, 3.05) is 19.8 Å². The van der Waals surface area contributed by atoms with Gasteiger partial charge < -0.3 is 14.8 Å². The molecule has 1 fully saturated rings. The maximum absolute atomic E-state index is 5.99. The molecule has 1 aromatic carbocycles. The lowest BCUT2D eigenvalue weighted by molar-refractivity contribution is 0.140. The summed E-state index contributed by atoms with van der Waals surface area (Å²) in [5.41, 5.74) is 2.51. The molecule has 1 atom stereocenters. The van der Waals surface area contributed by atoms with Crippen LogP contribution >= 0.6 is 0 Å². The smallest absolute Gasteiger partial charge is 0.124 e. The average molecular weight is 235 g/mol. The van der Waals surface area contributed by atoms with Gasteiger partial charge in [0.25, 0.3) is 0 Å². The first-order valence-electron chi connectivity index (χ1n) is 6.34. The molecule has 1 aliphatic heterocycles. The van der Waals surface area contributed by atoms with Crippen LogP contribution in [-0.4, -0.2) is 25.9 Å². The van der Waals surface area contributed by atoms with Crippen molar-refractivity contribution in [3.05, 3.63) is 29.3 Å². The van der Waals surface area contributed by atoms with E-state index in [2.05, 4.69) is 37.4 Å². The molecule has 0 spiro atoms. The molecule has 94 valence electrons. The first-order valence-corrected chi connectivity index (χ1v) is 6.34. The van der Waals surface area contributed by atoms with Gasteiger partial charge in [0.15, 0.2) is 0 Å². The predicted molar refractivity (Wildman–Crippen MR) is 68.4 cm³/mol. The van der Waals surface area contributed by atoms with Crippen molar-refractivity contribution in [3.8, 4) is 5.75 Å². The van der Waals surface area contributed by atoms with Gasteiger partial charge in [-0.15, -0.1) is 0 Å². The number of rotatable bonds is 5. The zero-order valence-electron chi connectivity index (χ0n) is 10.7. The van der Waals surface area contributed by atoms with Gasteiger partial charge in [0, 0.05) is 18.5 Å². The lowest BCUT2D eigenvalue weighted by Gasteiger charge is -2.16. The molecule has 0 saturated carbocycles. The molecular formula is C14H21NO2. The van der Waals surface area contributed by atoms with E-state index in [4.69, 9.17) is 9.47 Å². The Bertz CT molecular complexity index is 359. The molecule has 17 heavy (non-hydrogen) atoms. The van der Waals surface area contributed by atoms with E-state index in [-0.39, 0.29) is 6.10 Å². The van der Waals surface area contributed by atoms with Gasteiger partial charge in [-0.3, -0.25) is 0 Å². The lowest BCUT2D eigenvalue weighted by Crippen LogP contribution is -2.18. The van der Waals surface area contributed by atoms with Crippen LogP contribution in [-0.2, 0) is 11.3 Å². The summed E-state index contributed by atoms with van der Waals surface area (Å²) in [7, 11) is 0. The molecule has 1 aliphatic rings. The summed E-state index contributed by atoms with van der Waals surface area (Å²) in [6.45, 7) is 7.59. The molecule has 0 aromatic heterocycles. The van der Waals surface area contributed by atoms with E-state index in [1.54, 1.807) is 0 Å². The van der Waals surface area contributed by atoms with E-state index in [0.717, 1.165) is 31.9 Å². The SMILES string of the molecule is CCNCc1cc(C)ccc1OC1CCOC1. The normalized spacial score (nSPS) is 19.5. The number of hydrogen-bond acceptors (Lipinski definition) is 3. The highest BCUT2D eigenvalue weighted by atomic mass is 16.5. The van der Waals surface area contributed by atoms with Crippen LogP contribution < -0.4 is 10.1 Å². The highest BCUT2D eigenvalue weighted by Crippen LogP contribution is 2.23. The van der Waals surface area contributed by atoms with Gasteiger partial charge in [0.2, 0.25) is 0 Å². The molecule has 0 radical (unpaired) electrons. The maximum atomic E-state index is 5.99. The Balaban J connectivity index is 2.07. The first-order chi connectivity index (χ1) is 8.29. The van der Waals surface area contributed by atoms with Gasteiger partial charge in [-0.25, -0.2) is 0 Å². The minimum Gasteiger partial charge on any atom is -0.488 e. The van der Waals surface area contributed by atoms with Crippen LogP contribution in [0.5, 0.6) is 5.75 Å². The molecule has 0 bridgehead atoms. The van der Waals surface area contributed by atoms with Crippen LogP contribution in [0.2, 0.25) is 0 Å². The Labute approximate surface area is 103 Å². The third-order valence-electron chi connectivity index (χ3n) is 2.96. The van der Waals surface area contributed by atoms with Gasteiger partial charge in [-0.2, -0.15) is 0 Å². The van der Waals surface area contributed by atoms with Crippen molar-refractivity contribution in [2.45, 2.75) is 32.9 Å². The molecule has 2 rings (SSSR count). The van der Waals surface area contributed by atoms with E-state index in [9.17, 15) is 0 Å². The van der Waals surface area contributed by atoms with Crippen molar-refractivity contribution in [1.82, 2.24) is 5.32 Å². The standard InChI is InChI=1S/C14H21NO2/c1-3-15-9-12-8-11(2)4-5-14(12)17-13-6-7-16-10-13/h4-5,8,13,15H,3,6-7,9-10H2,1-2H3. The van der Waals surface area contributed by atoms with Gasteiger partial charge in [-0.1, -0.05) is 24.6 Å². The van der Waals surface area contributed by atoms with E-state index in [0.29, 0.717) is 6.61 Å². The molecule has 1 unspecified atom stereocenters. The summed E-state index contributed by atoms with van der Waals surface area (Å²) in [5.74, 6) is 0.993. The van der Waals surface area contributed by atoms with Crippen molar-refractivity contribution in [3.63, 3.8) is 0 Å². The number of ether oxygens (including phenoxy) is 2. The molecule has 3 heteroatoms. The highest BCUT2D eigenvalue weighted by Gasteiger charge is 2.18. The number of hydrogen-bond donors (Lipinski definition) is 1. The Hall–Kier alpha value is -1.06. The van der Waals surface area contributed by atoms with E-state index in [1.807, 2.05) is 0 Å². The zero-order valence-corrected chi connectivity index (χ0v) is 10.7. The fraction of sp³-hybridized carbons (Fsp3) is 0.571. The first kappa shape index (κ1) is 12.4. The Morgan fingerprint density at radius 1 is 1.47 bits per heavy atom. The molecule has 0 amide bonds. The van der Waals surface area contributed by atoms with Crippen LogP contribution in [0.3, 0.4) is 0 Å². The molecule has 1 heterocycles. The van der Waals surface area contributed by atoms with Crippen molar-refractivity contribution in [2.24, 2.45) is 0 Å². The fourth-order valence-electron chi connectivity index (χ4n) is 2.01. The maximum Gasteiger partial charge on any atom is 0.124 e. The topological polar surface area (TPSA) is 30.5 Å². The number of benzene rings is 1. The van der Waals surface area contributed by atoms with E-state index in [1.165, 1.54) is 11.1 Å². The Morgan fingerprint density at radius 3 is 3.06 bits per heavy atom. The Morgan fingerprint density at radius 2 is 2.35 bits per heavy atom. The van der Waals surface area contributed by atoms with Gasteiger partial charge in [0.05, 0.1) is 13.2 Å². The largest absolute Gasteiger partial charge is 0.488 e. The Kier molecular flexibility index (Phi) is 4.40. The molecule has 1 saturated heterocycles. The van der Waals surface area contributed by atoms with Crippen LogP contribution in [0, 0.1) is 6.92 Å². The van der Waals surface area contributed by atoms with E-state index >= 15 is 0 Å². The minimum absolute atomic E-state index is 0.220. The van der Waals surface area contributed by atoms with Crippen molar-refractivity contribution in [1.29, 1.82) is 0 Å². The summed E-state index contributed by atoms with van der Waals surface area (Å²) >= 11 is 0. The summed E-state index contributed by atoms with van der Waals surface area (Å²) in [4.78, 5) is 0. The second-order valence-corrected chi connectivity index (χ2v) is 4.49. The lowest BCUT2D eigenvalue weighted by atomic mass is 10.1. The van der Waals surface area contributed by atoms with Gasteiger partial charge >= 0.3 is 0 Å².